The van der Waals surface area contributed by atoms with Crippen molar-refractivity contribution in [3.05, 3.63) is 35.4 Å². The van der Waals surface area contributed by atoms with Gasteiger partial charge in [-0.25, -0.2) is 0 Å². The van der Waals surface area contributed by atoms with E-state index in [1.165, 1.54) is 0 Å². The van der Waals surface area contributed by atoms with E-state index in [-0.39, 0.29) is 11.8 Å². The summed E-state index contributed by atoms with van der Waals surface area (Å²) >= 11 is 0. The summed E-state index contributed by atoms with van der Waals surface area (Å²) in [6.45, 7) is 7.70. The largest absolute Gasteiger partial charge is 0.339 e. The lowest BCUT2D eigenvalue weighted by Crippen LogP contribution is -2.57. The first kappa shape index (κ1) is 16.5. The van der Waals surface area contributed by atoms with Crippen LogP contribution >= 0.6 is 0 Å². The third kappa shape index (κ3) is 3.85. The summed E-state index contributed by atoms with van der Waals surface area (Å²) in [6, 6.07) is 7.93. The van der Waals surface area contributed by atoms with Gasteiger partial charge in [-0.1, -0.05) is 24.3 Å². The van der Waals surface area contributed by atoms with Crippen molar-refractivity contribution in [2.24, 2.45) is 5.73 Å². The lowest BCUT2D eigenvalue weighted by atomic mass is 10.0. The molecule has 120 valence electrons. The Kier molecular flexibility index (Phi) is 4.86. The van der Waals surface area contributed by atoms with Crippen LogP contribution in [-0.4, -0.2) is 53.3 Å². The monoisotopic (exact) mass is 303 g/mol. The molecule has 0 saturated carbocycles. The van der Waals surface area contributed by atoms with Gasteiger partial charge in [-0.05, 0) is 31.9 Å². The highest BCUT2D eigenvalue weighted by atomic mass is 16.2. The van der Waals surface area contributed by atoms with Crippen molar-refractivity contribution in [2.45, 2.75) is 32.7 Å². The predicted octanol–water partition coefficient (Wildman–Crippen LogP) is 0.946. The highest BCUT2D eigenvalue weighted by Crippen LogP contribution is 2.12. The van der Waals surface area contributed by atoms with Crippen molar-refractivity contribution < 1.29 is 9.59 Å². The minimum Gasteiger partial charge on any atom is -0.339 e. The Labute approximate surface area is 132 Å². The quantitative estimate of drug-likeness (QED) is 0.904. The van der Waals surface area contributed by atoms with E-state index in [0.29, 0.717) is 32.6 Å². The predicted molar refractivity (Wildman–Crippen MR) is 86.3 cm³/mol. The average molecular weight is 303 g/mol. The van der Waals surface area contributed by atoms with Gasteiger partial charge < -0.3 is 15.5 Å². The van der Waals surface area contributed by atoms with E-state index in [4.69, 9.17) is 5.73 Å². The fourth-order valence-electron chi connectivity index (χ4n) is 2.65. The van der Waals surface area contributed by atoms with Gasteiger partial charge in [0.05, 0.1) is 12.0 Å². The lowest BCUT2D eigenvalue weighted by Gasteiger charge is -2.37. The van der Waals surface area contributed by atoms with Gasteiger partial charge in [-0.3, -0.25) is 9.59 Å². The molecule has 1 aromatic carbocycles. The van der Waals surface area contributed by atoms with E-state index in [0.717, 1.165) is 11.1 Å². The van der Waals surface area contributed by atoms with Crippen LogP contribution in [0.2, 0.25) is 0 Å². The Morgan fingerprint density at radius 3 is 2.18 bits per heavy atom. The molecule has 0 bridgehead atoms. The van der Waals surface area contributed by atoms with Gasteiger partial charge in [0.1, 0.15) is 0 Å². The maximum Gasteiger partial charge on any atom is 0.242 e. The Morgan fingerprint density at radius 2 is 1.64 bits per heavy atom. The first-order valence-corrected chi connectivity index (χ1v) is 7.69. The summed E-state index contributed by atoms with van der Waals surface area (Å²) in [5.74, 6) is 0.0620. The molecule has 1 fully saturated rings. The second kappa shape index (κ2) is 6.48. The maximum atomic E-state index is 12.4. The normalized spacial score (nSPS) is 15.8. The second-order valence-corrected chi connectivity index (χ2v) is 6.50. The second-order valence-electron chi connectivity index (χ2n) is 6.50. The number of aryl methyl sites for hydroxylation is 1. The first-order chi connectivity index (χ1) is 10.3. The van der Waals surface area contributed by atoms with Crippen molar-refractivity contribution in [3.63, 3.8) is 0 Å². The van der Waals surface area contributed by atoms with E-state index >= 15 is 0 Å². The van der Waals surface area contributed by atoms with E-state index in [2.05, 4.69) is 0 Å². The van der Waals surface area contributed by atoms with Crippen LogP contribution in [-0.2, 0) is 16.0 Å². The Morgan fingerprint density at radius 1 is 1.09 bits per heavy atom. The third-order valence-electron chi connectivity index (χ3n) is 4.07. The molecule has 2 N–H and O–H groups in total. The van der Waals surface area contributed by atoms with Gasteiger partial charge in [0.15, 0.2) is 0 Å². The number of carbonyl (C=O) groups is 2. The van der Waals surface area contributed by atoms with Gasteiger partial charge in [0.25, 0.3) is 0 Å². The molecule has 22 heavy (non-hydrogen) atoms. The van der Waals surface area contributed by atoms with Gasteiger partial charge >= 0.3 is 0 Å². The lowest BCUT2D eigenvalue weighted by molar-refractivity contribution is -0.142. The Balaban J connectivity index is 1.90. The number of hydrogen-bond acceptors (Lipinski definition) is 3. The van der Waals surface area contributed by atoms with Crippen LogP contribution in [0.3, 0.4) is 0 Å². The van der Waals surface area contributed by atoms with E-state index in [1.54, 1.807) is 18.7 Å². The summed E-state index contributed by atoms with van der Waals surface area (Å²) in [5.41, 5.74) is 7.20. The minimum absolute atomic E-state index is 0.0569. The van der Waals surface area contributed by atoms with Gasteiger partial charge in [-0.15, -0.1) is 0 Å². The van der Waals surface area contributed by atoms with Crippen LogP contribution in [0.1, 0.15) is 25.0 Å². The number of carbonyl (C=O) groups excluding carboxylic acids is 2. The molecule has 5 heteroatoms. The zero-order valence-corrected chi connectivity index (χ0v) is 13.6. The standard InChI is InChI=1S/C17H25N3O2/c1-13-6-4-5-7-14(13)12-15(21)19-8-10-20(11-9-19)16(22)17(2,3)18/h4-7H,8-12,18H2,1-3H3. The fourth-order valence-corrected chi connectivity index (χ4v) is 2.65. The summed E-state index contributed by atoms with van der Waals surface area (Å²) in [5, 5.41) is 0. The van der Waals surface area contributed by atoms with Gasteiger partial charge in [-0.2, -0.15) is 0 Å². The molecule has 1 aliphatic rings. The van der Waals surface area contributed by atoms with Crippen LogP contribution in [0.25, 0.3) is 0 Å². The van der Waals surface area contributed by atoms with E-state index in [9.17, 15) is 9.59 Å². The van der Waals surface area contributed by atoms with Crippen molar-refractivity contribution in [1.82, 2.24) is 9.80 Å². The first-order valence-electron chi connectivity index (χ1n) is 7.69. The molecule has 2 amide bonds. The van der Waals surface area contributed by atoms with Crippen LogP contribution in [0.4, 0.5) is 0 Å². The molecule has 5 nitrogen and oxygen atoms in total. The maximum absolute atomic E-state index is 12.4. The zero-order chi connectivity index (χ0) is 16.3. The van der Waals surface area contributed by atoms with Gasteiger partial charge in [0.2, 0.25) is 11.8 Å². The molecule has 0 unspecified atom stereocenters. The molecule has 1 aliphatic heterocycles. The number of benzene rings is 1. The topological polar surface area (TPSA) is 66.6 Å². The molecule has 0 spiro atoms. The fraction of sp³-hybridized carbons (Fsp3) is 0.529. The smallest absolute Gasteiger partial charge is 0.242 e. The number of rotatable bonds is 3. The van der Waals surface area contributed by atoms with Crippen LogP contribution in [0.15, 0.2) is 24.3 Å². The van der Waals surface area contributed by atoms with Gasteiger partial charge in [0, 0.05) is 26.2 Å². The van der Waals surface area contributed by atoms with E-state index < -0.39 is 5.54 Å². The average Bonchev–Trinajstić information content (AvgIpc) is 2.48. The van der Waals surface area contributed by atoms with Crippen molar-refractivity contribution in [1.29, 1.82) is 0 Å². The van der Waals surface area contributed by atoms with E-state index in [1.807, 2.05) is 36.1 Å². The molecule has 0 aromatic heterocycles. The Bertz CT molecular complexity index is 555. The van der Waals surface area contributed by atoms with Crippen LogP contribution in [0.5, 0.6) is 0 Å². The summed E-state index contributed by atoms with van der Waals surface area (Å²) < 4.78 is 0. The number of nitrogens with zero attached hydrogens (tertiary/aromatic N) is 2. The number of hydrogen-bond donors (Lipinski definition) is 1. The number of nitrogens with two attached hydrogens (primary N) is 1. The van der Waals surface area contributed by atoms with Crippen LogP contribution in [0, 0.1) is 6.92 Å². The highest BCUT2D eigenvalue weighted by molar-refractivity contribution is 5.85. The number of amides is 2. The summed E-state index contributed by atoms with van der Waals surface area (Å²) in [6.07, 6.45) is 0.420. The Hall–Kier alpha value is -1.88. The molecule has 0 atom stereocenters. The molecule has 1 saturated heterocycles. The summed E-state index contributed by atoms with van der Waals surface area (Å²) in [4.78, 5) is 28.1. The van der Waals surface area contributed by atoms with Crippen molar-refractivity contribution in [2.75, 3.05) is 26.2 Å². The van der Waals surface area contributed by atoms with Crippen LogP contribution < -0.4 is 5.73 Å². The van der Waals surface area contributed by atoms with Crippen molar-refractivity contribution >= 4 is 11.8 Å². The molecule has 2 rings (SSSR count). The number of piperazine rings is 1. The highest BCUT2D eigenvalue weighted by Gasteiger charge is 2.31. The molecule has 0 aliphatic carbocycles. The zero-order valence-electron chi connectivity index (χ0n) is 13.6. The molecular formula is C17H25N3O2. The molecule has 0 radical (unpaired) electrons. The van der Waals surface area contributed by atoms with Crippen molar-refractivity contribution in [3.8, 4) is 0 Å². The SMILES string of the molecule is Cc1ccccc1CC(=O)N1CCN(C(=O)C(C)(C)N)CC1. The third-order valence-corrected chi connectivity index (χ3v) is 4.07. The molecule has 1 aromatic rings. The molecule has 1 heterocycles. The molecular weight excluding hydrogens is 278 g/mol. The summed E-state index contributed by atoms with van der Waals surface area (Å²) in [7, 11) is 0. The minimum atomic E-state index is -0.854.